The fraction of sp³-hybridized carbons (Fsp3) is 0.467. The van der Waals surface area contributed by atoms with E-state index < -0.39 is 0 Å². The summed E-state index contributed by atoms with van der Waals surface area (Å²) in [6.07, 6.45) is 2.46. The molecular formula is C15H20O3. The fourth-order valence-electron chi connectivity index (χ4n) is 1.99. The molecule has 1 atom stereocenters. The van der Waals surface area contributed by atoms with Crippen molar-refractivity contribution >= 4 is 11.8 Å². The molecule has 98 valence electrons. The van der Waals surface area contributed by atoms with Crippen LogP contribution in [-0.4, -0.2) is 18.9 Å². The number of esters is 1. The number of Topliss-reactive ketones (excluding diaryl/α,β-unsaturated/α-hetero) is 1. The maximum absolute atomic E-state index is 11.3. The number of carbonyl (C=O) groups excluding carboxylic acids is 2. The Morgan fingerprint density at radius 3 is 2.28 bits per heavy atom. The molecule has 0 heterocycles. The minimum absolute atomic E-state index is 0.222. The molecule has 0 bridgehead atoms. The summed E-state index contributed by atoms with van der Waals surface area (Å²) in [5.41, 5.74) is 1.73. The highest BCUT2D eigenvalue weighted by Crippen LogP contribution is 2.25. The molecule has 3 nitrogen and oxygen atoms in total. The first kappa shape index (κ1) is 14.4. The van der Waals surface area contributed by atoms with Crippen molar-refractivity contribution in [3.63, 3.8) is 0 Å². The third kappa shape index (κ3) is 3.99. The maximum Gasteiger partial charge on any atom is 0.337 e. The van der Waals surface area contributed by atoms with Crippen molar-refractivity contribution < 1.29 is 14.3 Å². The van der Waals surface area contributed by atoms with E-state index in [0.29, 0.717) is 17.9 Å². The Kier molecular flexibility index (Phi) is 5.56. The van der Waals surface area contributed by atoms with Gasteiger partial charge in [0.2, 0.25) is 0 Å². The van der Waals surface area contributed by atoms with E-state index in [-0.39, 0.29) is 11.8 Å². The lowest BCUT2D eigenvalue weighted by Crippen LogP contribution is -2.04. The van der Waals surface area contributed by atoms with E-state index in [1.807, 2.05) is 12.1 Å². The maximum atomic E-state index is 11.3. The monoisotopic (exact) mass is 248 g/mol. The quantitative estimate of drug-likeness (QED) is 0.725. The number of methoxy groups -OCH3 is 1. The lowest BCUT2D eigenvalue weighted by atomic mass is 9.90. The SMILES string of the molecule is CC[C@@H](CCC(C)=O)c1ccc(C(=O)OC)cc1. The zero-order valence-electron chi connectivity index (χ0n) is 11.2. The normalized spacial score (nSPS) is 11.9. The van der Waals surface area contributed by atoms with Crippen LogP contribution in [0.25, 0.3) is 0 Å². The molecular weight excluding hydrogens is 228 g/mol. The van der Waals surface area contributed by atoms with E-state index in [9.17, 15) is 9.59 Å². The molecule has 18 heavy (non-hydrogen) atoms. The van der Waals surface area contributed by atoms with E-state index in [4.69, 9.17) is 0 Å². The summed E-state index contributed by atoms with van der Waals surface area (Å²) in [4.78, 5) is 22.3. The van der Waals surface area contributed by atoms with Crippen molar-refractivity contribution in [3.8, 4) is 0 Å². The summed E-state index contributed by atoms with van der Waals surface area (Å²) < 4.78 is 4.66. The van der Waals surface area contributed by atoms with E-state index in [0.717, 1.165) is 12.8 Å². The Balaban J connectivity index is 2.75. The first-order valence-corrected chi connectivity index (χ1v) is 6.26. The lowest BCUT2D eigenvalue weighted by molar-refractivity contribution is -0.117. The summed E-state index contributed by atoms with van der Waals surface area (Å²) in [7, 11) is 1.37. The number of rotatable bonds is 6. The van der Waals surface area contributed by atoms with Crippen molar-refractivity contribution in [2.75, 3.05) is 7.11 Å². The van der Waals surface area contributed by atoms with Gasteiger partial charge in [0.25, 0.3) is 0 Å². The number of hydrogen-bond donors (Lipinski definition) is 0. The van der Waals surface area contributed by atoms with Crippen molar-refractivity contribution in [2.24, 2.45) is 0 Å². The average Bonchev–Trinajstić information content (AvgIpc) is 2.39. The molecule has 0 saturated carbocycles. The van der Waals surface area contributed by atoms with Crippen LogP contribution < -0.4 is 0 Å². The molecule has 0 spiro atoms. The van der Waals surface area contributed by atoms with Gasteiger partial charge < -0.3 is 9.53 Å². The van der Waals surface area contributed by atoms with Gasteiger partial charge in [0, 0.05) is 6.42 Å². The van der Waals surface area contributed by atoms with Gasteiger partial charge >= 0.3 is 5.97 Å². The Morgan fingerprint density at radius 2 is 1.83 bits per heavy atom. The third-order valence-electron chi connectivity index (χ3n) is 3.14. The van der Waals surface area contributed by atoms with Crippen LogP contribution in [-0.2, 0) is 9.53 Å². The molecule has 1 rings (SSSR count). The highest BCUT2D eigenvalue weighted by atomic mass is 16.5. The van der Waals surface area contributed by atoms with Gasteiger partial charge in [-0.2, -0.15) is 0 Å². The van der Waals surface area contributed by atoms with Gasteiger partial charge in [-0.1, -0.05) is 19.1 Å². The Bertz CT molecular complexity index is 406. The molecule has 1 aromatic rings. The lowest BCUT2D eigenvalue weighted by Gasteiger charge is -2.14. The molecule has 0 radical (unpaired) electrons. The van der Waals surface area contributed by atoms with Gasteiger partial charge in [-0.25, -0.2) is 4.79 Å². The van der Waals surface area contributed by atoms with Crippen LogP contribution in [0.2, 0.25) is 0 Å². The van der Waals surface area contributed by atoms with Crippen LogP contribution in [0.1, 0.15) is 54.9 Å². The molecule has 0 amide bonds. The van der Waals surface area contributed by atoms with Gasteiger partial charge in [-0.3, -0.25) is 0 Å². The van der Waals surface area contributed by atoms with E-state index in [2.05, 4.69) is 11.7 Å². The second-order valence-corrected chi connectivity index (χ2v) is 4.46. The van der Waals surface area contributed by atoms with Crippen molar-refractivity contribution in [3.05, 3.63) is 35.4 Å². The average molecular weight is 248 g/mol. The Hall–Kier alpha value is -1.64. The van der Waals surface area contributed by atoms with Crippen LogP contribution in [0.15, 0.2) is 24.3 Å². The van der Waals surface area contributed by atoms with E-state index >= 15 is 0 Å². The standard InChI is InChI=1S/C15H20O3/c1-4-12(6-5-11(2)16)13-7-9-14(10-8-13)15(17)18-3/h7-10,12H,4-6H2,1-3H3/t12-/m0/s1. The smallest absolute Gasteiger partial charge is 0.337 e. The molecule has 0 saturated heterocycles. The molecule has 1 aromatic carbocycles. The van der Waals surface area contributed by atoms with Crippen LogP contribution >= 0.6 is 0 Å². The highest BCUT2D eigenvalue weighted by Gasteiger charge is 2.11. The van der Waals surface area contributed by atoms with Gasteiger partial charge in [0.05, 0.1) is 12.7 Å². The minimum atomic E-state index is -0.321. The van der Waals surface area contributed by atoms with Gasteiger partial charge in [-0.15, -0.1) is 0 Å². The summed E-state index contributed by atoms with van der Waals surface area (Å²) in [6, 6.07) is 7.44. The summed E-state index contributed by atoms with van der Waals surface area (Å²) in [5, 5.41) is 0. The number of hydrogen-bond acceptors (Lipinski definition) is 3. The summed E-state index contributed by atoms with van der Waals surface area (Å²) in [5.74, 6) is 0.276. The molecule has 0 N–H and O–H groups in total. The number of carbonyl (C=O) groups is 2. The Labute approximate surface area is 108 Å². The van der Waals surface area contributed by atoms with Crippen LogP contribution in [0.4, 0.5) is 0 Å². The molecule has 3 heteroatoms. The minimum Gasteiger partial charge on any atom is -0.465 e. The second kappa shape index (κ2) is 6.94. The first-order chi connectivity index (χ1) is 8.58. The summed E-state index contributed by atoms with van der Waals surface area (Å²) in [6.45, 7) is 3.73. The third-order valence-corrected chi connectivity index (χ3v) is 3.14. The van der Waals surface area contributed by atoms with Crippen molar-refractivity contribution in [1.29, 1.82) is 0 Å². The number of ketones is 1. The van der Waals surface area contributed by atoms with Gasteiger partial charge in [0.1, 0.15) is 5.78 Å². The van der Waals surface area contributed by atoms with E-state index in [1.54, 1.807) is 19.1 Å². The first-order valence-electron chi connectivity index (χ1n) is 6.26. The van der Waals surface area contributed by atoms with Crippen molar-refractivity contribution in [2.45, 2.75) is 39.0 Å². The van der Waals surface area contributed by atoms with Crippen molar-refractivity contribution in [1.82, 2.24) is 0 Å². The predicted octanol–water partition coefficient (Wildman–Crippen LogP) is 3.34. The topological polar surface area (TPSA) is 43.4 Å². The molecule has 0 aliphatic rings. The van der Waals surface area contributed by atoms with Crippen LogP contribution in [0, 0.1) is 0 Å². The molecule has 0 aliphatic carbocycles. The van der Waals surface area contributed by atoms with E-state index in [1.165, 1.54) is 12.7 Å². The number of benzene rings is 1. The molecule has 0 fully saturated rings. The molecule has 0 aliphatic heterocycles. The molecule has 0 aromatic heterocycles. The van der Waals surface area contributed by atoms with Crippen LogP contribution in [0.3, 0.4) is 0 Å². The molecule has 0 unspecified atom stereocenters. The summed E-state index contributed by atoms with van der Waals surface area (Å²) >= 11 is 0. The van der Waals surface area contributed by atoms with Gasteiger partial charge in [0.15, 0.2) is 0 Å². The predicted molar refractivity (Wildman–Crippen MR) is 70.7 cm³/mol. The second-order valence-electron chi connectivity index (χ2n) is 4.46. The van der Waals surface area contributed by atoms with Gasteiger partial charge in [-0.05, 0) is 43.4 Å². The Morgan fingerprint density at radius 1 is 1.22 bits per heavy atom. The number of ether oxygens (including phenoxy) is 1. The highest BCUT2D eigenvalue weighted by molar-refractivity contribution is 5.89. The largest absolute Gasteiger partial charge is 0.465 e. The fourth-order valence-corrected chi connectivity index (χ4v) is 1.99. The van der Waals surface area contributed by atoms with Crippen LogP contribution in [0.5, 0.6) is 0 Å². The zero-order chi connectivity index (χ0) is 13.5. The zero-order valence-corrected chi connectivity index (χ0v) is 11.2.